The molecule has 0 aliphatic carbocycles. The molecule has 0 N–H and O–H groups in total. The van der Waals surface area contributed by atoms with Gasteiger partial charge < -0.3 is 14.2 Å². The number of carbonyl (C=O) groups is 2. The third-order valence-corrected chi connectivity index (χ3v) is 6.33. The van der Waals surface area contributed by atoms with Crippen LogP contribution in [0.5, 0.6) is 5.75 Å². The summed E-state index contributed by atoms with van der Waals surface area (Å²) in [7, 11) is 1.70. The molecular weight excluding hydrogens is 426 g/mol. The third kappa shape index (κ3) is 3.85. The van der Waals surface area contributed by atoms with Gasteiger partial charge in [0.25, 0.3) is 5.91 Å². The average Bonchev–Trinajstić information content (AvgIpc) is 3.19. The fourth-order valence-electron chi connectivity index (χ4n) is 4.26. The van der Waals surface area contributed by atoms with Gasteiger partial charge in [-0.1, -0.05) is 57.2 Å². The van der Waals surface area contributed by atoms with Crippen LogP contribution in [0.2, 0.25) is 0 Å². The fourth-order valence-corrected chi connectivity index (χ4v) is 4.26. The highest BCUT2D eigenvalue weighted by atomic mass is 16.5. The molecule has 0 unspecified atom stereocenters. The van der Waals surface area contributed by atoms with Crippen LogP contribution in [0.3, 0.4) is 0 Å². The number of imidazole rings is 1. The number of likely N-dealkylation sites (N-methyl/N-ethyl adjacent to an activating group) is 1. The van der Waals surface area contributed by atoms with Gasteiger partial charge >= 0.3 is 0 Å². The molecule has 0 saturated carbocycles. The molecule has 34 heavy (non-hydrogen) atoms. The van der Waals surface area contributed by atoms with Crippen LogP contribution >= 0.6 is 0 Å². The number of fused-ring (bicyclic) bond motifs is 2. The predicted molar refractivity (Wildman–Crippen MR) is 134 cm³/mol. The molecule has 1 aliphatic rings. The summed E-state index contributed by atoms with van der Waals surface area (Å²) in [5.41, 5.74) is 5.13. The smallest absolute Gasteiger partial charge is 0.264 e. The zero-order chi connectivity index (χ0) is 24.0. The zero-order valence-corrected chi connectivity index (χ0v) is 19.8. The number of hydrogen-bond acceptors (Lipinski definition) is 4. The van der Waals surface area contributed by atoms with E-state index in [1.165, 1.54) is 10.5 Å². The Kier molecular flexibility index (Phi) is 5.24. The molecule has 1 amide bonds. The van der Waals surface area contributed by atoms with E-state index in [-0.39, 0.29) is 30.3 Å². The summed E-state index contributed by atoms with van der Waals surface area (Å²) in [6, 6.07) is 21.5. The highest BCUT2D eigenvalue weighted by Gasteiger charge is 2.24. The molecule has 6 nitrogen and oxygen atoms in total. The van der Waals surface area contributed by atoms with Gasteiger partial charge in [0.2, 0.25) is 0 Å². The Morgan fingerprint density at radius 3 is 2.50 bits per heavy atom. The minimum absolute atomic E-state index is 0.00911. The van der Waals surface area contributed by atoms with E-state index >= 15 is 0 Å². The van der Waals surface area contributed by atoms with E-state index in [4.69, 9.17) is 9.72 Å². The van der Waals surface area contributed by atoms with Crippen molar-refractivity contribution in [3.8, 4) is 17.1 Å². The standard InChI is InChI=1S/C28H27N3O3/c1-28(2,3)20-12-9-18(10-13-20)27-29-21-7-5-6-8-22(21)31(27)16-24(32)19-11-14-25-23(15-19)30(4)26(33)17-34-25/h5-15H,16-17H2,1-4H3. The van der Waals surface area contributed by atoms with Crippen LogP contribution < -0.4 is 9.64 Å². The van der Waals surface area contributed by atoms with Gasteiger partial charge in [0.1, 0.15) is 11.6 Å². The van der Waals surface area contributed by atoms with Crippen molar-refractivity contribution >= 4 is 28.4 Å². The van der Waals surface area contributed by atoms with Crippen molar-refractivity contribution in [3.05, 3.63) is 77.9 Å². The number of amides is 1. The van der Waals surface area contributed by atoms with Crippen molar-refractivity contribution in [1.29, 1.82) is 0 Å². The number of Topliss-reactive ketones (excluding diaryl/α,β-unsaturated/α-hetero) is 1. The number of para-hydroxylation sites is 2. The largest absolute Gasteiger partial charge is 0.482 e. The average molecular weight is 454 g/mol. The van der Waals surface area contributed by atoms with Crippen LogP contribution in [0.1, 0.15) is 36.7 Å². The van der Waals surface area contributed by atoms with Crippen molar-refractivity contribution in [1.82, 2.24) is 9.55 Å². The van der Waals surface area contributed by atoms with E-state index in [9.17, 15) is 9.59 Å². The maximum absolute atomic E-state index is 13.4. The van der Waals surface area contributed by atoms with Gasteiger partial charge in [-0.15, -0.1) is 0 Å². The molecule has 2 heterocycles. The number of hydrogen-bond donors (Lipinski definition) is 0. The monoisotopic (exact) mass is 453 g/mol. The molecule has 0 bridgehead atoms. The lowest BCUT2D eigenvalue weighted by atomic mass is 9.87. The van der Waals surface area contributed by atoms with E-state index in [2.05, 4.69) is 45.0 Å². The van der Waals surface area contributed by atoms with E-state index < -0.39 is 0 Å². The first kappa shape index (κ1) is 21.9. The third-order valence-electron chi connectivity index (χ3n) is 6.33. The predicted octanol–water partition coefficient (Wildman–Crippen LogP) is 5.24. The molecule has 1 aliphatic heterocycles. The number of carbonyl (C=O) groups excluding carboxylic acids is 2. The summed E-state index contributed by atoms with van der Waals surface area (Å²) < 4.78 is 7.46. The Bertz CT molecular complexity index is 1410. The lowest BCUT2D eigenvalue weighted by Gasteiger charge is -2.26. The van der Waals surface area contributed by atoms with E-state index in [1.807, 2.05) is 28.8 Å². The molecule has 0 fully saturated rings. The molecule has 3 aromatic carbocycles. The molecule has 4 aromatic rings. The number of nitrogens with zero attached hydrogens (tertiary/aromatic N) is 3. The first-order valence-corrected chi connectivity index (χ1v) is 11.3. The minimum Gasteiger partial charge on any atom is -0.482 e. The number of aromatic nitrogens is 2. The lowest BCUT2D eigenvalue weighted by Crippen LogP contribution is -2.35. The van der Waals surface area contributed by atoms with Crippen LogP contribution in [0.4, 0.5) is 5.69 Å². The van der Waals surface area contributed by atoms with Gasteiger partial charge in [0.15, 0.2) is 12.4 Å². The van der Waals surface area contributed by atoms with E-state index in [0.717, 1.165) is 22.4 Å². The van der Waals surface area contributed by atoms with Crippen molar-refractivity contribution < 1.29 is 14.3 Å². The van der Waals surface area contributed by atoms with Gasteiger partial charge in [-0.25, -0.2) is 4.98 Å². The Hall–Kier alpha value is -3.93. The van der Waals surface area contributed by atoms with Gasteiger partial charge in [-0.2, -0.15) is 0 Å². The Balaban J connectivity index is 1.53. The zero-order valence-electron chi connectivity index (χ0n) is 19.8. The lowest BCUT2D eigenvalue weighted by molar-refractivity contribution is -0.120. The molecule has 0 saturated heterocycles. The normalized spacial score (nSPS) is 13.6. The Morgan fingerprint density at radius 1 is 1.03 bits per heavy atom. The summed E-state index contributed by atoms with van der Waals surface area (Å²) in [4.78, 5) is 31.8. The number of ether oxygens (including phenoxy) is 1. The molecule has 0 spiro atoms. The second kappa shape index (κ2) is 8.13. The number of benzene rings is 3. The first-order valence-electron chi connectivity index (χ1n) is 11.3. The SMILES string of the molecule is CN1C(=O)COc2ccc(C(=O)Cn3c(-c4ccc(C(C)(C)C)cc4)nc4ccccc43)cc21. The molecule has 5 rings (SSSR count). The first-order chi connectivity index (χ1) is 16.2. The Morgan fingerprint density at radius 2 is 1.76 bits per heavy atom. The van der Waals surface area contributed by atoms with Crippen LogP contribution in [-0.4, -0.2) is 34.9 Å². The van der Waals surface area contributed by atoms with Gasteiger partial charge in [0, 0.05) is 18.2 Å². The maximum atomic E-state index is 13.4. The van der Waals surface area contributed by atoms with Crippen molar-refractivity contribution in [2.75, 3.05) is 18.6 Å². The highest BCUT2D eigenvalue weighted by Crippen LogP contribution is 2.33. The van der Waals surface area contributed by atoms with Crippen LogP contribution in [-0.2, 0) is 16.8 Å². The van der Waals surface area contributed by atoms with Crippen molar-refractivity contribution in [2.24, 2.45) is 0 Å². The highest BCUT2D eigenvalue weighted by molar-refractivity contribution is 6.02. The van der Waals surface area contributed by atoms with Crippen LogP contribution in [0.25, 0.3) is 22.4 Å². The summed E-state index contributed by atoms with van der Waals surface area (Å²) in [5, 5.41) is 0. The van der Waals surface area contributed by atoms with Crippen LogP contribution in [0.15, 0.2) is 66.7 Å². The maximum Gasteiger partial charge on any atom is 0.264 e. The van der Waals surface area contributed by atoms with Gasteiger partial charge in [-0.3, -0.25) is 9.59 Å². The number of ketones is 1. The second-order valence-corrected chi connectivity index (χ2v) is 9.68. The quantitative estimate of drug-likeness (QED) is 0.397. The molecule has 1 aromatic heterocycles. The summed E-state index contributed by atoms with van der Waals surface area (Å²) in [6.07, 6.45) is 0. The topological polar surface area (TPSA) is 64.4 Å². The van der Waals surface area contributed by atoms with E-state index in [1.54, 1.807) is 25.2 Å². The number of rotatable bonds is 4. The van der Waals surface area contributed by atoms with Gasteiger partial charge in [0.05, 0.1) is 23.3 Å². The van der Waals surface area contributed by atoms with Crippen molar-refractivity contribution in [3.63, 3.8) is 0 Å². The molecule has 0 radical (unpaired) electrons. The number of anilines is 1. The molecule has 6 heteroatoms. The molecular formula is C28H27N3O3. The summed E-state index contributed by atoms with van der Waals surface area (Å²) in [6.45, 7) is 6.70. The van der Waals surface area contributed by atoms with Gasteiger partial charge in [-0.05, 0) is 41.3 Å². The van der Waals surface area contributed by atoms with E-state index in [0.29, 0.717) is 17.0 Å². The minimum atomic E-state index is -0.140. The second-order valence-electron chi connectivity index (χ2n) is 9.68. The molecule has 172 valence electrons. The molecule has 0 atom stereocenters. The summed E-state index contributed by atoms with van der Waals surface area (Å²) >= 11 is 0. The Labute approximate surface area is 198 Å². The summed E-state index contributed by atoms with van der Waals surface area (Å²) in [5.74, 6) is 1.15. The van der Waals surface area contributed by atoms with Crippen molar-refractivity contribution in [2.45, 2.75) is 32.7 Å². The van der Waals surface area contributed by atoms with Crippen LogP contribution in [0, 0.1) is 0 Å². The fraction of sp³-hybridized carbons (Fsp3) is 0.250.